The maximum atomic E-state index is 11.2. The maximum absolute atomic E-state index is 11.2. The van der Waals surface area contributed by atoms with Crippen molar-refractivity contribution in [2.75, 3.05) is 13.7 Å². The van der Waals surface area contributed by atoms with Crippen LogP contribution in [0.15, 0.2) is 0 Å². The Labute approximate surface area is 64.1 Å². The minimum atomic E-state index is -0.673. The molecule has 2 aliphatic rings. The monoisotopic (exact) mass is 158 g/mol. The first-order chi connectivity index (χ1) is 5.29. The number of aliphatic hydroxyl groups excluding tert-OH is 1. The lowest BCUT2D eigenvalue weighted by atomic mass is 10.2. The largest absolute Gasteiger partial charge is 0.396 e. The standard InChI is InChI=1S/C7H10O4/c1-10-7-5(9)4-3(2-8)6(4)11-7/h3-4,6-8H,2H2,1H3. The van der Waals surface area contributed by atoms with Gasteiger partial charge in [0.25, 0.3) is 0 Å². The predicted octanol–water partition coefficient (Wildman–Crippen LogP) is -0.835. The number of fused-ring (bicyclic) bond motifs is 1. The summed E-state index contributed by atoms with van der Waals surface area (Å²) in [5, 5.41) is 8.72. The Morgan fingerprint density at radius 2 is 2.45 bits per heavy atom. The van der Waals surface area contributed by atoms with Crippen LogP contribution in [-0.4, -0.2) is 37.0 Å². The van der Waals surface area contributed by atoms with E-state index in [1.807, 2.05) is 0 Å². The third-order valence-corrected chi connectivity index (χ3v) is 2.36. The van der Waals surface area contributed by atoms with Crippen molar-refractivity contribution < 1.29 is 19.4 Å². The zero-order valence-corrected chi connectivity index (χ0v) is 6.19. The number of Topliss-reactive ketones (excluding diaryl/α,β-unsaturated/α-hetero) is 1. The normalized spacial score (nSPS) is 47.6. The van der Waals surface area contributed by atoms with Crippen molar-refractivity contribution in [3.63, 3.8) is 0 Å². The van der Waals surface area contributed by atoms with Gasteiger partial charge in [0.15, 0.2) is 5.78 Å². The first-order valence-electron chi connectivity index (χ1n) is 3.62. The molecule has 1 N–H and O–H groups in total. The number of hydrogen-bond donors (Lipinski definition) is 1. The fraction of sp³-hybridized carbons (Fsp3) is 0.857. The Hall–Kier alpha value is -0.450. The minimum Gasteiger partial charge on any atom is -0.396 e. The summed E-state index contributed by atoms with van der Waals surface area (Å²) in [5.41, 5.74) is 0. The number of rotatable bonds is 2. The molecule has 1 saturated carbocycles. The van der Waals surface area contributed by atoms with Gasteiger partial charge in [-0.05, 0) is 0 Å². The van der Waals surface area contributed by atoms with E-state index < -0.39 is 6.29 Å². The van der Waals surface area contributed by atoms with Crippen LogP contribution in [-0.2, 0) is 14.3 Å². The smallest absolute Gasteiger partial charge is 0.218 e. The third-order valence-electron chi connectivity index (χ3n) is 2.36. The summed E-state index contributed by atoms with van der Waals surface area (Å²) in [5.74, 6) is -0.0737. The predicted molar refractivity (Wildman–Crippen MR) is 34.7 cm³/mol. The van der Waals surface area contributed by atoms with Gasteiger partial charge in [0.2, 0.25) is 6.29 Å². The number of aliphatic hydroxyl groups is 1. The molecule has 0 spiro atoms. The molecule has 4 heteroatoms. The summed E-state index contributed by atoms with van der Waals surface area (Å²) in [7, 11) is 1.45. The number of ether oxygens (including phenoxy) is 2. The Balaban J connectivity index is 2.01. The van der Waals surface area contributed by atoms with Crippen molar-refractivity contribution in [3.8, 4) is 0 Å². The number of methoxy groups -OCH3 is 1. The Bertz CT molecular complexity index is 191. The van der Waals surface area contributed by atoms with E-state index in [1.54, 1.807) is 0 Å². The second-order valence-electron chi connectivity index (χ2n) is 2.94. The van der Waals surface area contributed by atoms with E-state index in [9.17, 15) is 4.79 Å². The first kappa shape index (κ1) is 7.21. The highest BCUT2D eigenvalue weighted by molar-refractivity contribution is 5.90. The van der Waals surface area contributed by atoms with Crippen molar-refractivity contribution in [2.24, 2.45) is 11.8 Å². The van der Waals surface area contributed by atoms with Gasteiger partial charge in [-0.1, -0.05) is 0 Å². The van der Waals surface area contributed by atoms with E-state index >= 15 is 0 Å². The van der Waals surface area contributed by atoms with E-state index in [2.05, 4.69) is 0 Å². The fourth-order valence-electron chi connectivity index (χ4n) is 1.66. The van der Waals surface area contributed by atoms with Crippen LogP contribution in [0.1, 0.15) is 0 Å². The second-order valence-corrected chi connectivity index (χ2v) is 2.94. The maximum Gasteiger partial charge on any atom is 0.218 e. The van der Waals surface area contributed by atoms with Gasteiger partial charge in [0.1, 0.15) is 0 Å². The molecule has 0 bridgehead atoms. The highest BCUT2D eigenvalue weighted by Crippen LogP contribution is 2.48. The van der Waals surface area contributed by atoms with E-state index in [0.29, 0.717) is 0 Å². The van der Waals surface area contributed by atoms with Crippen LogP contribution in [0.3, 0.4) is 0 Å². The van der Waals surface area contributed by atoms with Crippen molar-refractivity contribution in [1.29, 1.82) is 0 Å². The number of carbonyl (C=O) groups is 1. The summed E-state index contributed by atoms with van der Waals surface area (Å²) in [6.07, 6.45) is -0.745. The molecule has 4 unspecified atom stereocenters. The Kier molecular flexibility index (Phi) is 1.49. The van der Waals surface area contributed by atoms with Gasteiger partial charge in [-0.3, -0.25) is 4.79 Å². The van der Waals surface area contributed by atoms with E-state index in [4.69, 9.17) is 14.6 Å². The van der Waals surface area contributed by atoms with E-state index in [-0.39, 0.29) is 30.3 Å². The van der Waals surface area contributed by atoms with Gasteiger partial charge in [-0.15, -0.1) is 0 Å². The molecular weight excluding hydrogens is 148 g/mol. The van der Waals surface area contributed by atoms with E-state index in [1.165, 1.54) is 7.11 Å². The topological polar surface area (TPSA) is 55.8 Å². The molecule has 1 aliphatic heterocycles. The van der Waals surface area contributed by atoms with Gasteiger partial charge in [0, 0.05) is 19.6 Å². The van der Waals surface area contributed by atoms with Crippen LogP contribution in [0.4, 0.5) is 0 Å². The first-order valence-corrected chi connectivity index (χ1v) is 3.62. The fourth-order valence-corrected chi connectivity index (χ4v) is 1.66. The van der Waals surface area contributed by atoms with E-state index in [0.717, 1.165) is 0 Å². The highest BCUT2D eigenvalue weighted by Gasteiger charge is 2.63. The van der Waals surface area contributed by atoms with Gasteiger partial charge < -0.3 is 14.6 Å². The molecule has 4 atom stereocenters. The van der Waals surface area contributed by atoms with Gasteiger partial charge in [0.05, 0.1) is 12.0 Å². The Morgan fingerprint density at radius 1 is 1.73 bits per heavy atom. The second kappa shape index (κ2) is 2.27. The molecule has 0 aromatic rings. The zero-order valence-electron chi connectivity index (χ0n) is 6.19. The molecule has 4 nitrogen and oxygen atoms in total. The SMILES string of the molecule is COC1OC2C(CO)C2C1=O. The zero-order chi connectivity index (χ0) is 8.01. The summed E-state index contributed by atoms with van der Waals surface area (Å²) >= 11 is 0. The van der Waals surface area contributed by atoms with Crippen LogP contribution in [0.25, 0.3) is 0 Å². The molecule has 11 heavy (non-hydrogen) atoms. The molecule has 1 saturated heterocycles. The number of ketones is 1. The summed E-state index contributed by atoms with van der Waals surface area (Å²) < 4.78 is 9.93. The molecule has 62 valence electrons. The molecule has 0 aromatic carbocycles. The van der Waals surface area contributed by atoms with Gasteiger partial charge in [-0.25, -0.2) is 0 Å². The van der Waals surface area contributed by atoms with Gasteiger partial charge >= 0.3 is 0 Å². The third kappa shape index (κ3) is 0.834. The molecular formula is C7H10O4. The number of hydrogen-bond acceptors (Lipinski definition) is 4. The molecule has 0 amide bonds. The van der Waals surface area contributed by atoms with Crippen LogP contribution < -0.4 is 0 Å². The van der Waals surface area contributed by atoms with Crippen LogP contribution in [0, 0.1) is 11.8 Å². The molecule has 0 aromatic heterocycles. The minimum absolute atomic E-state index is 0.0171. The lowest BCUT2D eigenvalue weighted by Gasteiger charge is -2.09. The summed E-state index contributed by atoms with van der Waals surface area (Å²) in [6.45, 7) is 0.0392. The average molecular weight is 158 g/mol. The van der Waals surface area contributed by atoms with Crippen LogP contribution in [0.2, 0.25) is 0 Å². The highest BCUT2D eigenvalue weighted by atomic mass is 16.7. The summed E-state index contributed by atoms with van der Waals surface area (Å²) in [6, 6.07) is 0. The van der Waals surface area contributed by atoms with Crippen LogP contribution in [0.5, 0.6) is 0 Å². The average Bonchev–Trinajstić information content (AvgIpc) is 2.63. The van der Waals surface area contributed by atoms with Crippen molar-refractivity contribution in [1.82, 2.24) is 0 Å². The van der Waals surface area contributed by atoms with Gasteiger partial charge in [-0.2, -0.15) is 0 Å². The molecule has 1 heterocycles. The molecule has 2 rings (SSSR count). The molecule has 1 aliphatic carbocycles. The van der Waals surface area contributed by atoms with Crippen molar-refractivity contribution in [2.45, 2.75) is 12.4 Å². The number of carbonyl (C=O) groups excluding carboxylic acids is 1. The summed E-state index contributed by atoms with van der Waals surface area (Å²) in [4.78, 5) is 11.2. The van der Waals surface area contributed by atoms with Crippen LogP contribution >= 0.6 is 0 Å². The lowest BCUT2D eigenvalue weighted by molar-refractivity contribution is -0.155. The molecule has 2 fully saturated rings. The lowest BCUT2D eigenvalue weighted by Crippen LogP contribution is -2.24. The Morgan fingerprint density at radius 3 is 2.82 bits per heavy atom. The molecule has 0 radical (unpaired) electrons. The van der Waals surface area contributed by atoms with Crippen molar-refractivity contribution >= 4 is 5.78 Å². The van der Waals surface area contributed by atoms with Crippen molar-refractivity contribution in [3.05, 3.63) is 0 Å². The quantitative estimate of drug-likeness (QED) is 0.569.